The first-order chi connectivity index (χ1) is 9.01. The number of nitriles is 1. The van der Waals surface area contributed by atoms with Crippen molar-refractivity contribution in [1.29, 1.82) is 5.26 Å². The molecule has 0 aliphatic carbocycles. The highest BCUT2D eigenvalue weighted by Crippen LogP contribution is 2.11. The maximum atomic E-state index is 11.6. The Balaban J connectivity index is 2.35. The quantitative estimate of drug-likeness (QED) is 0.829. The van der Waals surface area contributed by atoms with Crippen molar-refractivity contribution in [2.45, 2.75) is 13.0 Å². The van der Waals surface area contributed by atoms with E-state index >= 15 is 0 Å². The van der Waals surface area contributed by atoms with Gasteiger partial charge in [0.25, 0.3) is 5.91 Å². The Morgan fingerprint density at radius 3 is 2.58 bits per heavy atom. The summed E-state index contributed by atoms with van der Waals surface area (Å²) < 4.78 is 5.34. The van der Waals surface area contributed by atoms with Gasteiger partial charge in [-0.2, -0.15) is 5.26 Å². The van der Waals surface area contributed by atoms with E-state index in [4.69, 9.17) is 10.00 Å². The standard InChI is InChI=1S/C14H19N3O2/c1-11(9-17(2)3)16-14(18)10-19-13-6-4-12(8-15)5-7-13/h4-7,11H,9-10H2,1-3H3,(H,16,18). The van der Waals surface area contributed by atoms with Gasteiger partial charge in [-0.05, 0) is 45.3 Å². The van der Waals surface area contributed by atoms with Crippen LogP contribution in [0.25, 0.3) is 0 Å². The molecule has 0 saturated carbocycles. The molecule has 0 saturated heterocycles. The highest BCUT2D eigenvalue weighted by atomic mass is 16.5. The van der Waals surface area contributed by atoms with Crippen LogP contribution in [0.2, 0.25) is 0 Å². The van der Waals surface area contributed by atoms with E-state index in [1.807, 2.05) is 32.0 Å². The number of hydrogen-bond acceptors (Lipinski definition) is 4. The molecule has 1 amide bonds. The second-order valence-corrected chi connectivity index (χ2v) is 4.66. The minimum atomic E-state index is -0.154. The number of amides is 1. The Hall–Kier alpha value is -2.06. The van der Waals surface area contributed by atoms with E-state index in [0.29, 0.717) is 11.3 Å². The zero-order valence-electron chi connectivity index (χ0n) is 11.5. The lowest BCUT2D eigenvalue weighted by Gasteiger charge is -2.18. The first-order valence-electron chi connectivity index (χ1n) is 6.08. The molecule has 1 atom stereocenters. The van der Waals surface area contributed by atoms with E-state index in [1.165, 1.54) is 0 Å². The van der Waals surface area contributed by atoms with Gasteiger partial charge < -0.3 is 15.0 Å². The predicted octanol–water partition coefficient (Wildman–Crippen LogP) is 1.00. The van der Waals surface area contributed by atoms with Crippen molar-refractivity contribution in [3.63, 3.8) is 0 Å². The topological polar surface area (TPSA) is 65.4 Å². The molecule has 5 heteroatoms. The summed E-state index contributed by atoms with van der Waals surface area (Å²) in [5.41, 5.74) is 0.566. The number of carbonyl (C=O) groups excluding carboxylic acids is 1. The van der Waals surface area contributed by atoms with Crippen LogP contribution in [0.5, 0.6) is 5.75 Å². The van der Waals surface area contributed by atoms with Crippen LogP contribution in [-0.2, 0) is 4.79 Å². The minimum Gasteiger partial charge on any atom is -0.484 e. The number of carbonyl (C=O) groups is 1. The molecule has 102 valence electrons. The molecular weight excluding hydrogens is 242 g/mol. The van der Waals surface area contributed by atoms with Crippen LogP contribution in [0.3, 0.4) is 0 Å². The van der Waals surface area contributed by atoms with Gasteiger partial charge in [-0.1, -0.05) is 0 Å². The highest BCUT2D eigenvalue weighted by molar-refractivity contribution is 5.77. The molecule has 0 aliphatic heterocycles. The molecule has 0 aliphatic rings. The number of ether oxygens (including phenoxy) is 1. The largest absolute Gasteiger partial charge is 0.484 e. The van der Waals surface area contributed by atoms with Crippen LogP contribution in [0, 0.1) is 11.3 Å². The number of benzene rings is 1. The minimum absolute atomic E-state index is 0.0241. The monoisotopic (exact) mass is 261 g/mol. The van der Waals surface area contributed by atoms with Crippen molar-refractivity contribution in [3.8, 4) is 11.8 Å². The number of likely N-dealkylation sites (N-methyl/N-ethyl adjacent to an activating group) is 1. The van der Waals surface area contributed by atoms with Crippen LogP contribution in [0.15, 0.2) is 24.3 Å². The number of nitrogens with zero attached hydrogens (tertiary/aromatic N) is 2. The lowest BCUT2D eigenvalue weighted by Crippen LogP contribution is -2.41. The van der Waals surface area contributed by atoms with Crippen LogP contribution in [-0.4, -0.2) is 44.1 Å². The number of nitrogens with one attached hydrogen (secondary N) is 1. The van der Waals surface area contributed by atoms with Gasteiger partial charge in [-0.15, -0.1) is 0 Å². The van der Waals surface area contributed by atoms with Crippen molar-refractivity contribution in [2.75, 3.05) is 27.2 Å². The summed E-state index contributed by atoms with van der Waals surface area (Å²) in [6, 6.07) is 8.76. The first-order valence-corrected chi connectivity index (χ1v) is 6.08. The molecule has 1 unspecified atom stereocenters. The van der Waals surface area contributed by atoms with Gasteiger partial charge in [0.1, 0.15) is 5.75 Å². The maximum Gasteiger partial charge on any atom is 0.258 e. The fourth-order valence-electron chi connectivity index (χ4n) is 1.68. The van der Waals surface area contributed by atoms with E-state index in [-0.39, 0.29) is 18.6 Å². The molecule has 1 rings (SSSR count). The summed E-state index contributed by atoms with van der Waals surface area (Å²) in [5.74, 6) is 0.424. The maximum absolute atomic E-state index is 11.6. The summed E-state index contributed by atoms with van der Waals surface area (Å²) in [4.78, 5) is 13.6. The van der Waals surface area contributed by atoms with Crippen molar-refractivity contribution < 1.29 is 9.53 Å². The van der Waals surface area contributed by atoms with Gasteiger partial charge in [-0.3, -0.25) is 4.79 Å². The molecule has 0 fully saturated rings. The van der Waals surface area contributed by atoms with Gasteiger partial charge in [0, 0.05) is 12.6 Å². The number of hydrogen-bond donors (Lipinski definition) is 1. The molecule has 5 nitrogen and oxygen atoms in total. The zero-order chi connectivity index (χ0) is 14.3. The third kappa shape index (κ3) is 5.89. The molecule has 1 N–H and O–H groups in total. The fraction of sp³-hybridized carbons (Fsp3) is 0.429. The van der Waals surface area contributed by atoms with Crippen LogP contribution >= 0.6 is 0 Å². The van der Waals surface area contributed by atoms with E-state index < -0.39 is 0 Å². The van der Waals surface area contributed by atoms with E-state index in [1.54, 1.807) is 24.3 Å². The summed E-state index contributed by atoms with van der Waals surface area (Å²) in [5, 5.41) is 11.5. The highest BCUT2D eigenvalue weighted by Gasteiger charge is 2.08. The van der Waals surface area contributed by atoms with Gasteiger partial charge in [0.15, 0.2) is 6.61 Å². The van der Waals surface area contributed by atoms with Crippen molar-refractivity contribution in [3.05, 3.63) is 29.8 Å². The lowest BCUT2D eigenvalue weighted by atomic mass is 10.2. The first kappa shape index (κ1) is 15.0. The van der Waals surface area contributed by atoms with Crippen molar-refractivity contribution in [1.82, 2.24) is 10.2 Å². The molecule has 0 spiro atoms. The smallest absolute Gasteiger partial charge is 0.258 e. The Morgan fingerprint density at radius 2 is 2.05 bits per heavy atom. The second-order valence-electron chi connectivity index (χ2n) is 4.66. The second kappa shape index (κ2) is 7.39. The molecule has 19 heavy (non-hydrogen) atoms. The average Bonchev–Trinajstić information content (AvgIpc) is 2.36. The van der Waals surface area contributed by atoms with Crippen molar-refractivity contribution in [2.24, 2.45) is 0 Å². The molecule has 1 aromatic rings. The molecule has 1 aromatic carbocycles. The molecule has 0 bridgehead atoms. The summed E-state index contributed by atoms with van der Waals surface area (Å²) in [6.45, 7) is 2.70. The fourth-order valence-corrected chi connectivity index (χ4v) is 1.68. The average molecular weight is 261 g/mol. The van der Waals surface area contributed by atoms with Gasteiger partial charge in [0.2, 0.25) is 0 Å². The normalized spacial score (nSPS) is 11.7. The Bertz CT molecular complexity index is 449. The van der Waals surface area contributed by atoms with Gasteiger partial charge in [0.05, 0.1) is 11.6 Å². The number of rotatable bonds is 6. The van der Waals surface area contributed by atoms with E-state index in [2.05, 4.69) is 5.32 Å². The molecule has 0 aromatic heterocycles. The Kier molecular flexibility index (Phi) is 5.83. The van der Waals surface area contributed by atoms with Crippen LogP contribution < -0.4 is 10.1 Å². The SMILES string of the molecule is CC(CN(C)C)NC(=O)COc1ccc(C#N)cc1. The molecule has 0 heterocycles. The molecular formula is C14H19N3O2. The lowest BCUT2D eigenvalue weighted by molar-refractivity contribution is -0.123. The van der Waals surface area contributed by atoms with E-state index in [0.717, 1.165) is 6.54 Å². The molecule has 0 radical (unpaired) electrons. The Morgan fingerprint density at radius 1 is 1.42 bits per heavy atom. The van der Waals surface area contributed by atoms with Gasteiger partial charge >= 0.3 is 0 Å². The third-order valence-electron chi connectivity index (χ3n) is 2.40. The van der Waals surface area contributed by atoms with E-state index in [9.17, 15) is 4.79 Å². The summed E-state index contributed by atoms with van der Waals surface area (Å²) in [7, 11) is 3.91. The summed E-state index contributed by atoms with van der Waals surface area (Å²) in [6.07, 6.45) is 0. The van der Waals surface area contributed by atoms with Gasteiger partial charge in [-0.25, -0.2) is 0 Å². The zero-order valence-corrected chi connectivity index (χ0v) is 11.5. The Labute approximate surface area is 113 Å². The summed E-state index contributed by atoms with van der Waals surface area (Å²) >= 11 is 0. The van der Waals surface area contributed by atoms with Crippen LogP contribution in [0.1, 0.15) is 12.5 Å². The van der Waals surface area contributed by atoms with Crippen molar-refractivity contribution >= 4 is 5.91 Å². The predicted molar refractivity (Wildman–Crippen MR) is 72.8 cm³/mol. The third-order valence-corrected chi connectivity index (χ3v) is 2.40. The van der Waals surface area contributed by atoms with Crippen LogP contribution in [0.4, 0.5) is 0 Å².